The minimum atomic E-state index is -0.384. The molecule has 2 aliphatic rings. The quantitative estimate of drug-likeness (QED) is 0.621. The topological polar surface area (TPSA) is 73.6 Å². The Morgan fingerprint density at radius 1 is 1.25 bits per heavy atom. The van der Waals surface area contributed by atoms with Gasteiger partial charge < -0.3 is 14.8 Å². The molecule has 0 spiro atoms. The van der Waals surface area contributed by atoms with Crippen molar-refractivity contribution in [3.05, 3.63) is 33.3 Å². The van der Waals surface area contributed by atoms with Crippen LogP contribution in [0.15, 0.2) is 18.2 Å². The lowest BCUT2D eigenvalue weighted by molar-refractivity contribution is -0.384. The van der Waals surface area contributed by atoms with Crippen molar-refractivity contribution >= 4 is 23.0 Å². The number of hydrogen-bond donors (Lipinski definition) is 1. The first-order valence-corrected chi connectivity index (χ1v) is 8.97. The van der Waals surface area contributed by atoms with Crippen LogP contribution in [0.3, 0.4) is 0 Å². The lowest BCUT2D eigenvalue weighted by Gasteiger charge is -2.33. The van der Waals surface area contributed by atoms with E-state index in [1.165, 1.54) is 12.1 Å². The van der Waals surface area contributed by atoms with Crippen LogP contribution in [0.5, 0.6) is 0 Å². The molecule has 2 fully saturated rings. The molecule has 7 heteroatoms. The second-order valence-electron chi connectivity index (χ2n) is 6.48. The van der Waals surface area contributed by atoms with Crippen LogP contribution in [0.4, 0.5) is 11.4 Å². The van der Waals surface area contributed by atoms with Gasteiger partial charge in [-0.15, -0.1) is 0 Å². The van der Waals surface area contributed by atoms with Crippen LogP contribution in [0, 0.1) is 10.1 Å². The molecule has 1 saturated heterocycles. The fraction of sp³-hybridized carbons (Fsp3) is 0.647. The summed E-state index contributed by atoms with van der Waals surface area (Å²) in [5, 5.41) is 15.0. The third-order valence-electron chi connectivity index (χ3n) is 4.62. The SMILES string of the molecule is O=[N+]([O-])c1ccc(Cl)cc1NC1CCC[C@H](O[C@@H]2CCCCO2)C1. The number of nitrogens with zero attached hydrogens (tertiary/aromatic N) is 1. The first kappa shape index (κ1) is 17.5. The summed E-state index contributed by atoms with van der Waals surface area (Å²) in [5.41, 5.74) is 0.533. The van der Waals surface area contributed by atoms with Crippen molar-refractivity contribution in [3.8, 4) is 0 Å². The second kappa shape index (κ2) is 8.14. The molecule has 3 atom stereocenters. The van der Waals surface area contributed by atoms with Gasteiger partial charge >= 0.3 is 0 Å². The van der Waals surface area contributed by atoms with E-state index in [0.29, 0.717) is 10.7 Å². The average Bonchev–Trinajstić information content (AvgIpc) is 2.56. The Balaban J connectivity index is 1.61. The van der Waals surface area contributed by atoms with Gasteiger partial charge in [0.2, 0.25) is 0 Å². The van der Waals surface area contributed by atoms with Crippen molar-refractivity contribution in [2.24, 2.45) is 0 Å². The summed E-state index contributed by atoms with van der Waals surface area (Å²) in [6.07, 6.45) is 7.08. The standard InChI is InChI=1S/C17H23ClN2O4/c18-12-7-8-16(20(21)22)15(10-12)19-13-4-3-5-14(11-13)24-17-6-1-2-9-23-17/h7-8,10,13-14,17,19H,1-6,9,11H2/t13?,14-,17+/m0/s1. The molecule has 1 aromatic carbocycles. The predicted octanol–water partition coefficient (Wildman–Crippen LogP) is 4.51. The third kappa shape index (κ3) is 4.59. The zero-order valence-electron chi connectivity index (χ0n) is 13.6. The molecule has 132 valence electrons. The second-order valence-corrected chi connectivity index (χ2v) is 6.92. The van der Waals surface area contributed by atoms with Crippen LogP contribution in [-0.4, -0.2) is 30.0 Å². The van der Waals surface area contributed by atoms with E-state index in [1.54, 1.807) is 6.07 Å². The lowest BCUT2D eigenvalue weighted by Crippen LogP contribution is -2.35. The summed E-state index contributed by atoms with van der Waals surface area (Å²) in [5.74, 6) is 0. The van der Waals surface area contributed by atoms with Crippen molar-refractivity contribution in [2.75, 3.05) is 11.9 Å². The summed E-state index contributed by atoms with van der Waals surface area (Å²) < 4.78 is 11.7. The number of halogens is 1. The maximum atomic E-state index is 11.2. The van der Waals surface area contributed by atoms with Gasteiger partial charge in [0.1, 0.15) is 5.69 Å². The van der Waals surface area contributed by atoms with E-state index >= 15 is 0 Å². The summed E-state index contributed by atoms with van der Waals surface area (Å²) in [4.78, 5) is 10.8. The van der Waals surface area contributed by atoms with E-state index in [0.717, 1.165) is 51.6 Å². The van der Waals surface area contributed by atoms with Crippen LogP contribution in [0.1, 0.15) is 44.9 Å². The number of rotatable bonds is 5. The van der Waals surface area contributed by atoms with E-state index in [9.17, 15) is 10.1 Å². The van der Waals surface area contributed by atoms with Gasteiger partial charge in [-0.25, -0.2) is 0 Å². The number of anilines is 1. The molecule has 0 amide bonds. The number of hydrogen-bond acceptors (Lipinski definition) is 5. The number of benzene rings is 1. The van der Waals surface area contributed by atoms with Gasteiger partial charge in [0.25, 0.3) is 5.69 Å². The molecule has 1 aromatic rings. The highest BCUT2D eigenvalue weighted by Gasteiger charge is 2.27. The Hall–Kier alpha value is -1.37. The third-order valence-corrected chi connectivity index (χ3v) is 4.86. The van der Waals surface area contributed by atoms with E-state index in [1.807, 2.05) is 0 Å². The Kier molecular flexibility index (Phi) is 5.92. The van der Waals surface area contributed by atoms with E-state index in [-0.39, 0.29) is 29.0 Å². The Morgan fingerprint density at radius 3 is 2.88 bits per heavy atom. The van der Waals surface area contributed by atoms with Gasteiger partial charge in [0, 0.05) is 23.7 Å². The molecule has 24 heavy (non-hydrogen) atoms. The van der Waals surface area contributed by atoms with Gasteiger partial charge in [-0.05, 0) is 57.1 Å². The molecule has 6 nitrogen and oxygen atoms in total. The van der Waals surface area contributed by atoms with Gasteiger partial charge in [-0.2, -0.15) is 0 Å². The molecule has 1 unspecified atom stereocenters. The zero-order chi connectivity index (χ0) is 16.9. The van der Waals surface area contributed by atoms with Crippen molar-refractivity contribution < 1.29 is 14.4 Å². The van der Waals surface area contributed by atoms with Crippen molar-refractivity contribution in [3.63, 3.8) is 0 Å². The maximum absolute atomic E-state index is 11.2. The Bertz CT molecular complexity index is 578. The minimum Gasteiger partial charge on any atom is -0.377 e. The molecular formula is C17H23ClN2O4. The first-order chi connectivity index (χ1) is 11.6. The number of nitro benzene ring substituents is 1. The highest BCUT2D eigenvalue weighted by atomic mass is 35.5. The molecule has 0 bridgehead atoms. The molecule has 0 aromatic heterocycles. The largest absolute Gasteiger partial charge is 0.377 e. The van der Waals surface area contributed by atoms with E-state index in [4.69, 9.17) is 21.1 Å². The van der Waals surface area contributed by atoms with Crippen LogP contribution in [0.2, 0.25) is 5.02 Å². The van der Waals surface area contributed by atoms with Gasteiger partial charge in [0.15, 0.2) is 6.29 Å². The first-order valence-electron chi connectivity index (χ1n) is 8.59. The van der Waals surface area contributed by atoms with Crippen molar-refractivity contribution in [1.29, 1.82) is 0 Å². The summed E-state index contributed by atoms with van der Waals surface area (Å²) >= 11 is 5.99. The van der Waals surface area contributed by atoms with Crippen LogP contribution >= 0.6 is 11.6 Å². The van der Waals surface area contributed by atoms with Crippen LogP contribution in [-0.2, 0) is 9.47 Å². The molecule has 0 radical (unpaired) electrons. The smallest absolute Gasteiger partial charge is 0.292 e. The van der Waals surface area contributed by atoms with Crippen molar-refractivity contribution in [1.82, 2.24) is 0 Å². The maximum Gasteiger partial charge on any atom is 0.292 e. The Labute approximate surface area is 146 Å². The zero-order valence-corrected chi connectivity index (χ0v) is 14.3. The highest BCUT2D eigenvalue weighted by molar-refractivity contribution is 6.31. The summed E-state index contributed by atoms with van der Waals surface area (Å²) in [6.45, 7) is 0.772. The van der Waals surface area contributed by atoms with Crippen LogP contribution in [0.25, 0.3) is 0 Å². The molecule has 1 heterocycles. The highest BCUT2D eigenvalue weighted by Crippen LogP contribution is 2.32. The fourth-order valence-corrected chi connectivity index (χ4v) is 3.61. The molecule has 1 N–H and O–H groups in total. The van der Waals surface area contributed by atoms with Gasteiger partial charge in [0.05, 0.1) is 11.0 Å². The van der Waals surface area contributed by atoms with Gasteiger partial charge in [-0.3, -0.25) is 10.1 Å². The van der Waals surface area contributed by atoms with Crippen molar-refractivity contribution in [2.45, 2.75) is 63.4 Å². The summed E-state index contributed by atoms with van der Waals surface area (Å²) in [6, 6.07) is 4.74. The number of ether oxygens (including phenoxy) is 2. The van der Waals surface area contributed by atoms with Crippen LogP contribution < -0.4 is 5.32 Å². The molecule has 1 aliphatic carbocycles. The summed E-state index contributed by atoms with van der Waals surface area (Å²) in [7, 11) is 0. The minimum absolute atomic E-state index is 0.0538. The van der Waals surface area contributed by atoms with E-state index in [2.05, 4.69) is 5.32 Å². The Morgan fingerprint density at radius 2 is 2.12 bits per heavy atom. The molecule has 3 rings (SSSR count). The number of nitrogens with one attached hydrogen (secondary N) is 1. The predicted molar refractivity (Wildman–Crippen MR) is 92.4 cm³/mol. The van der Waals surface area contributed by atoms with Gasteiger partial charge in [-0.1, -0.05) is 11.6 Å². The monoisotopic (exact) mass is 354 g/mol. The normalized spacial score (nSPS) is 27.6. The van der Waals surface area contributed by atoms with E-state index < -0.39 is 0 Å². The molecule has 1 saturated carbocycles. The molecular weight excluding hydrogens is 332 g/mol. The molecule has 1 aliphatic heterocycles. The average molecular weight is 355 g/mol. The fourth-order valence-electron chi connectivity index (χ4n) is 3.44. The number of nitro groups is 1. The lowest BCUT2D eigenvalue weighted by atomic mass is 9.92.